The number of nitrogens with zero attached hydrogens (tertiary/aromatic N) is 3. The Morgan fingerprint density at radius 2 is 2.09 bits per heavy atom. The van der Waals surface area contributed by atoms with Crippen molar-refractivity contribution >= 4 is 30.7 Å². The largest absolute Gasteiger partial charge is 0.370 e. The lowest BCUT2D eigenvalue weighted by Crippen LogP contribution is -2.42. The summed E-state index contributed by atoms with van der Waals surface area (Å²) in [5.74, 6) is 0.236. The number of rotatable bonds is 7. The zero-order valence-electron chi connectivity index (χ0n) is 13.6. The van der Waals surface area contributed by atoms with E-state index in [1.165, 1.54) is 0 Å². The molecule has 134 valence electrons. The number of nitrogens with two attached hydrogens (primary N) is 1. The Balaban J connectivity index is 0.00000242. The zero-order chi connectivity index (χ0) is 15.1. The van der Waals surface area contributed by atoms with Crippen LogP contribution in [0, 0.1) is 0 Å². The van der Waals surface area contributed by atoms with E-state index in [4.69, 9.17) is 10.5 Å². The number of hydrogen-bond donors (Lipinski definition) is 1. The maximum absolute atomic E-state index is 12.2. The molecule has 0 bridgehead atoms. The summed E-state index contributed by atoms with van der Waals surface area (Å²) < 4.78 is 7.52. The lowest BCUT2D eigenvalue weighted by Gasteiger charge is -2.32. The molecule has 1 atom stereocenters. The summed E-state index contributed by atoms with van der Waals surface area (Å²) in [6.07, 6.45) is 8.54. The van der Waals surface area contributed by atoms with Gasteiger partial charge >= 0.3 is 0 Å². The third kappa shape index (κ3) is 7.08. The standard InChI is InChI=1S/C15H26N4O2.2ClH/c1-18-11-13(10-17-18)14-12-19(8-9-21-14)15(20)6-4-2-3-5-7-16;;/h10-11,14H,2-9,12,16H2,1H3;2*1H. The van der Waals surface area contributed by atoms with Crippen molar-refractivity contribution in [3.05, 3.63) is 18.0 Å². The van der Waals surface area contributed by atoms with Crippen molar-refractivity contribution < 1.29 is 9.53 Å². The van der Waals surface area contributed by atoms with Crippen molar-refractivity contribution in [2.75, 3.05) is 26.2 Å². The first kappa shape index (κ1) is 22.2. The van der Waals surface area contributed by atoms with Crippen LogP contribution in [-0.4, -0.2) is 46.8 Å². The van der Waals surface area contributed by atoms with Crippen LogP contribution in [0.25, 0.3) is 0 Å². The highest BCUT2D eigenvalue weighted by Gasteiger charge is 2.25. The number of carbonyl (C=O) groups excluding carboxylic acids is 1. The minimum atomic E-state index is -0.0476. The predicted octanol–water partition coefficient (Wildman–Crippen LogP) is 2.07. The van der Waals surface area contributed by atoms with E-state index in [9.17, 15) is 4.79 Å². The fourth-order valence-electron chi connectivity index (χ4n) is 2.62. The van der Waals surface area contributed by atoms with Gasteiger partial charge in [-0.2, -0.15) is 5.10 Å². The maximum atomic E-state index is 12.2. The van der Waals surface area contributed by atoms with Crippen LogP contribution in [0.3, 0.4) is 0 Å². The first-order valence-electron chi connectivity index (χ1n) is 7.78. The summed E-state index contributed by atoms with van der Waals surface area (Å²) in [7, 11) is 1.89. The first-order valence-corrected chi connectivity index (χ1v) is 7.78. The van der Waals surface area contributed by atoms with Crippen molar-refractivity contribution in [1.82, 2.24) is 14.7 Å². The molecule has 1 amide bonds. The number of carbonyl (C=O) groups is 1. The summed E-state index contributed by atoms with van der Waals surface area (Å²) in [5, 5.41) is 4.16. The van der Waals surface area contributed by atoms with Crippen LogP contribution in [-0.2, 0) is 16.6 Å². The Morgan fingerprint density at radius 3 is 2.74 bits per heavy atom. The molecule has 2 N–H and O–H groups in total. The molecule has 8 heteroatoms. The highest BCUT2D eigenvalue weighted by atomic mass is 35.5. The second-order valence-corrected chi connectivity index (χ2v) is 5.60. The van der Waals surface area contributed by atoms with Gasteiger partial charge in [0.1, 0.15) is 6.10 Å². The molecule has 0 spiro atoms. The Kier molecular flexibility index (Phi) is 11.3. The molecular weight excluding hydrogens is 339 g/mol. The number of halogens is 2. The molecule has 1 aromatic rings. The van der Waals surface area contributed by atoms with Gasteiger partial charge in [-0.05, 0) is 19.4 Å². The van der Waals surface area contributed by atoms with E-state index in [1.54, 1.807) is 4.68 Å². The van der Waals surface area contributed by atoms with E-state index in [-0.39, 0.29) is 36.8 Å². The van der Waals surface area contributed by atoms with Crippen molar-refractivity contribution in [3.63, 3.8) is 0 Å². The Hall–Kier alpha value is -0.820. The van der Waals surface area contributed by atoms with Gasteiger partial charge in [-0.3, -0.25) is 9.48 Å². The van der Waals surface area contributed by atoms with Crippen molar-refractivity contribution in [2.45, 2.75) is 38.2 Å². The predicted molar refractivity (Wildman–Crippen MR) is 95.1 cm³/mol. The minimum Gasteiger partial charge on any atom is -0.370 e. The Labute approximate surface area is 150 Å². The van der Waals surface area contributed by atoms with E-state index >= 15 is 0 Å². The molecule has 1 saturated heterocycles. The monoisotopic (exact) mass is 366 g/mol. The topological polar surface area (TPSA) is 73.4 Å². The molecule has 1 fully saturated rings. The summed E-state index contributed by atoms with van der Waals surface area (Å²) in [6.45, 7) is 2.66. The number of amides is 1. The van der Waals surface area contributed by atoms with Crippen LogP contribution in [0.4, 0.5) is 0 Å². The average molecular weight is 367 g/mol. The van der Waals surface area contributed by atoms with Crippen LogP contribution in [0.1, 0.15) is 43.8 Å². The molecule has 0 radical (unpaired) electrons. The molecule has 1 aromatic heterocycles. The number of aromatic nitrogens is 2. The molecule has 0 aromatic carbocycles. The molecule has 2 rings (SSSR count). The number of hydrogen-bond acceptors (Lipinski definition) is 4. The summed E-state index contributed by atoms with van der Waals surface area (Å²) in [6, 6.07) is 0. The van der Waals surface area contributed by atoms with Crippen molar-refractivity contribution in [2.24, 2.45) is 12.8 Å². The number of unbranched alkanes of at least 4 members (excludes halogenated alkanes) is 3. The lowest BCUT2D eigenvalue weighted by molar-refractivity contribution is -0.139. The molecular formula is C15H28Cl2N4O2. The van der Waals surface area contributed by atoms with Crippen LogP contribution < -0.4 is 5.73 Å². The van der Waals surface area contributed by atoms with Crippen LogP contribution >= 0.6 is 24.8 Å². The van der Waals surface area contributed by atoms with Crippen molar-refractivity contribution in [3.8, 4) is 0 Å². The third-order valence-electron chi connectivity index (χ3n) is 3.86. The highest BCUT2D eigenvalue weighted by molar-refractivity contribution is 5.85. The number of ether oxygens (including phenoxy) is 1. The molecule has 1 aliphatic rings. The van der Waals surface area contributed by atoms with Crippen LogP contribution in [0.15, 0.2) is 12.4 Å². The molecule has 6 nitrogen and oxygen atoms in total. The normalized spacial score (nSPS) is 17.3. The lowest BCUT2D eigenvalue weighted by atomic mass is 10.1. The zero-order valence-corrected chi connectivity index (χ0v) is 15.3. The Bertz CT molecular complexity index is 456. The van der Waals surface area contributed by atoms with Gasteiger partial charge in [0.2, 0.25) is 5.91 Å². The molecule has 2 heterocycles. The SMILES string of the molecule is Cl.Cl.Cn1cc(C2CN(C(=O)CCCCCCN)CCO2)cn1. The third-order valence-corrected chi connectivity index (χ3v) is 3.86. The second-order valence-electron chi connectivity index (χ2n) is 5.60. The summed E-state index contributed by atoms with van der Waals surface area (Å²) in [4.78, 5) is 14.2. The summed E-state index contributed by atoms with van der Waals surface area (Å²) >= 11 is 0. The van der Waals surface area contributed by atoms with Gasteiger partial charge in [0, 0.05) is 31.8 Å². The van der Waals surface area contributed by atoms with Gasteiger partial charge in [-0.1, -0.05) is 12.8 Å². The van der Waals surface area contributed by atoms with Gasteiger partial charge in [0.15, 0.2) is 0 Å². The van der Waals surface area contributed by atoms with Gasteiger partial charge < -0.3 is 15.4 Å². The minimum absolute atomic E-state index is 0. The maximum Gasteiger partial charge on any atom is 0.222 e. The average Bonchev–Trinajstić information content (AvgIpc) is 2.93. The summed E-state index contributed by atoms with van der Waals surface area (Å²) in [5.41, 5.74) is 6.50. The van der Waals surface area contributed by atoms with E-state index < -0.39 is 0 Å². The molecule has 23 heavy (non-hydrogen) atoms. The van der Waals surface area contributed by atoms with Gasteiger partial charge in [-0.25, -0.2) is 0 Å². The van der Waals surface area contributed by atoms with Crippen LogP contribution in [0.5, 0.6) is 0 Å². The molecule has 1 aliphatic heterocycles. The fraction of sp³-hybridized carbons (Fsp3) is 0.733. The first-order chi connectivity index (χ1) is 10.2. The molecule has 0 saturated carbocycles. The van der Waals surface area contributed by atoms with Crippen molar-refractivity contribution in [1.29, 1.82) is 0 Å². The second kappa shape index (κ2) is 11.7. The van der Waals surface area contributed by atoms with Gasteiger partial charge in [-0.15, -0.1) is 24.8 Å². The van der Waals surface area contributed by atoms with E-state index in [0.29, 0.717) is 26.1 Å². The van der Waals surface area contributed by atoms with Gasteiger partial charge in [0.25, 0.3) is 0 Å². The van der Waals surface area contributed by atoms with E-state index in [1.807, 2.05) is 24.3 Å². The number of morpholine rings is 1. The fourth-order valence-corrected chi connectivity index (χ4v) is 2.62. The van der Waals surface area contributed by atoms with E-state index in [2.05, 4.69) is 5.10 Å². The Morgan fingerprint density at radius 1 is 1.35 bits per heavy atom. The number of aryl methyl sites for hydroxylation is 1. The van der Waals surface area contributed by atoms with Crippen LogP contribution in [0.2, 0.25) is 0 Å². The molecule has 0 aliphatic carbocycles. The highest BCUT2D eigenvalue weighted by Crippen LogP contribution is 2.22. The van der Waals surface area contributed by atoms with Gasteiger partial charge in [0.05, 0.1) is 19.3 Å². The molecule has 1 unspecified atom stereocenters. The quantitative estimate of drug-likeness (QED) is 0.749. The smallest absolute Gasteiger partial charge is 0.222 e. The van der Waals surface area contributed by atoms with E-state index in [0.717, 1.165) is 37.8 Å².